The summed E-state index contributed by atoms with van der Waals surface area (Å²) < 4.78 is 33.1. The molecule has 3 rings (SSSR count). The molecule has 1 aromatic carbocycles. The van der Waals surface area contributed by atoms with E-state index in [-0.39, 0.29) is 10.8 Å². The van der Waals surface area contributed by atoms with Crippen LogP contribution in [0.1, 0.15) is 24.8 Å². The summed E-state index contributed by atoms with van der Waals surface area (Å²) in [5, 5.41) is 0. The normalized spacial score (nSPS) is 21.3. The van der Waals surface area contributed by atoms with Crippen molar-refractivity contribution in [3.8, 4) is 0 Å². The molecule has 0 aliphatic carbocycles. The van der Waals surface area contributed by atoms with Gasteiger partial charge in [-0.05, 0) is 31.4 Å². The van der Waals surface area contributed by atoms with Gasteiger partial charge in [0.25, 0.3) is 10.0 Å². The molecule has 2 aliphatic heterocycles. The van der Waals surface area contributed by atoms with Crippen molar-refractivity contribution < 1.29 is 18.1 Å². The second-order valence-corrected chi connectivity index (χ2v) is 6.85. The Bertz CT molecular complexity index is 619. The predicted molar refractivity (Wildman–Crippen MR) is 75.5 cm³/mol. The minimum Gasteiger partial charge on any atom is -0.471 e. The molecule has 0 atom stereocenters. The first-order valence-electron chi connectivity index (χ1n) is 7.07. The highest BCUT2D eigenvalue weighted by Gasteiger charge is 2.29. The molecule has 1 fully saturated rings. The van der Waals surface area contributed by atoms with Crippen LogP contribution in [0.5, 0.6) is 0 Å². The van der Waals surface area contributed by atoms with E-state index >= 15 is 0 Å². The maximum absolute atomic E-state index is 11.9. The second kappa shape index (κ2) is 5.54. The number of likely N-dealkylation sites (tertiary alicyclic amines) is 1. The summed E-state index contributed by atoms with van der Waals surface area (Å²) in [4.78, 5) is 1.78. The SMILES string of the molecule is O=S1(=O)N=C(OCC[NH+]2CCCCC2)c2ccccc21. The molecule has 1 aromatic rings. The fraction of sp³-hybridized carbons (Fsp3) is 0.500. The Balaban J connectivity index is 1.64. The zero-order valence-corrected chi connectivity index (χ0v) is 12.2. The number of hydrogen-bond donors (Lipinski definition) is 1. The minimum atomic E-state index is -3.55. The van der Waals surface area contributed by atoms with Crippen LogP contribution in [0.15, 0.2) is 33.6 Å². The van der Waals surface area contributed by atoms with Gasteiger partial charge < -0.3 is 9.64 Å². The molecule has 2 aliphatic rings. The first kappa shape index (κ1) is 13.6. The standard InChI is InChI=1S/C14H18N2O3S/c17-20(18)13-7-3-2-6-12(13)14(15-20)19-11-10-16-8-4-1-5-9-16/h2-3,6-7H,1,4-5,8-11H2/p+1. The fourth-order valence-corrected chi connectivity index (χ4v) is 3.93. The van der Waals surface area contributed by atoms with Crippen LogP contribution in [0.2, 0.25) is 0 Å². The highest BCUT2D eigenvalue weighted by atomic mass is 32.2. The molecule has 2 heterocycles. The molecule has 0 bridgehead atoms. The number of nitrogens with one attached hydrogen (secondary N) is 1. The molecular weight excluding hydrogens is 276 g/mol. The third-order valence-electron chi connectivity index (χ3n) is 3.85. The van der Waals surface area contributed by atoms with Gasteiger partial charge in [0.2, 0.25) is 5.90 Å². The summed E-state index contributed by atoms with van der Waals surface area (Å²) in [5.74, 6) is 0.247. The van der Waals surface area contributed by atoms with E-state index in [2.05, 4.69) is 4.40 Å². The highest BCUT2D eigenvalue weighted by molar-refractivity contribution is 7.90. The molecule has 5 nitrogen and oxygen atoms in total. The summed E-state index contributed by atoms with van der Waals surface area (Å²) in [7, 11) is -3.55. The van der Waals surface area contributed by atoms with Crippen molar-refractivity contribution in [3.05, 3.63) is 29.8 Å². The predicted octanol–water partition coefficient (Wildman–Crippen LogP) is 0.221. The largest absolute Gasteiger partial charge is 0.471 e. The number of benzene rings is 1. The summed E-state index contributed by atoms with van der Waals surface area (Å²) in [5.41, 5.74) is 0.584. The minimum absolute atomic E-state index is 0.247. The van der Waals surface area contributed by atoms with Crippen molar-refractivity contribution in [2.75, 3.05) is 26.2 Å². The Labute approximate surface area is 119 Å². The van der Waals surface area contributed by atoms with Gasteiger partial charge in [0.05, 0.1) is 18.7 Å². The van der Waals surface area contributed by atoms with Crippen LogP contribution in [-0.4, -0.2) is 40.6 Å². The van der Waals surface area contributed by atoms with Crippen LogP contribution in [0, 0.1) is 0 Å². The van der Waals surface area contributed by atoms with Crippen molar-refractivity contribution >= 4 is 15.9 Å². The van der Waals surface area contributed by atoms with Gasteiger partial charge in [0.1, 0.15) is 18.0 Å². The van der Waals surface area contributed by atoms with Gasteiger partial charge in [-0.2, -0.15) is 8.42 Å². The first-order valence-corrected chi connectivity index (χ1v) is 8.51. The molecule has 20 heavy (non-hydrogen) atoms. The van der Waals surface area contributed by atoms with E-state index in [0.717, 1.165) is 6.54 Å². The number of rotatable bonds is 3. The Morgan fingerprint density at radius 3 is 2.70 bits per heavy atom. The topological polar surface area (TPSA) is 60.2 Å². The Morgan fingerprint density at radius 2 is 1.90 bits per heavy atom. The average Bonchev–Trinajstić information content (AvgIpc) is 2.72. The summed E-state index contributed by atoms with van der Waals surface area (Å²) in [6.45, 7) is 3.79. The van der Waals surface area contributed by atoms with Crippen molar-refractivity contribution in [1.29, 1.82) is 0 Å². The molecule has 0 spiro atoms. The van der Waals surface area contributed by atoms with E-state index in [0.29, 0.717) is 12.2 Å². The van der Waals surface area contributed by atoms with Gasteiger partial charge in [0, 0.05) is 0 Å². The molecule has 6 heteroatoms. The molecular formula is C14H19N2O3S+. The molecule has 0 aromatic heterocycles. The van der Waals surface area contributed by atoms with Crippen molar-refractivity contribution in [1.82, 2.24) is 0 Å². The summed E-state index contributed by atoms with van der Waals surface area (Å²) in [6.07, 6.45) is 3.86. The molecule has 108 valence electrons. The van der Waals surface area contributed by atoms with Crippen LogP contribution >= 0.6 is 0 Å². The van der Waals surface area contributed by atoms with Crippen LogP contribution in [0.3, 0.4) is 0 Å². The lowest BCUT2D eigenvalue weighted by molar-refractivity contribution is -0.905. The molecule has 0 radical (unpaired) electrons. The van der Waals surface area contributed by atoms with Gasteiger partial charge in [-0.15, -0.1) is 4.40 Å². The Hall–Kier alpha value is -1.40. The molecule has 1 saturated heterocycles. The lowest BCUT2D eigenvalue weighted by atomic mass is 10.1. The molecule has 0 amide bonds. The van der Waals surface area contributed by atoms with Gasteiger partial charge in [0.15, 0.2) is 0 Å². The van der Waals surface area contributed by atoms with Gasteiger partial charge in [-0.1, -0.05) is 12.1 Å². The number of sulfonamides is 1. The number of nitrogens with zero attached hydrogens (tertiary/aromatic N) is 1. The van der Waals surface area contributed by atoms with Crippen molar-refractivity contribution in [2.24, 2.45) is 4.40 Å². The number of quaternary nitrogens is 1. The van der Waals surface area contributed by atoms with Gasteiger partial charge in [-0.25, -0.2) is 0 Å². The van der Waals surface area contributed by atoms with E-state index in [4.69, 9.17) is 4.74 Å². The van der Waals surface area contributed by atoms with Crippen LogP contribution in [0.4, 0.5) is 0 Å². The van der Waals surface area contributed by atoms with E-state index in [1.165, 1.54) is 37.3 Å². The maximum Gasteiger partial charge on any atom is 0.286 e. The fourth-order valence-electron chi connectivity index (χ4n) is 2.77. The zero-order chi connectivity index (χ0) is 14.0. The zero-order valence-electron chi connectivity index (χ0n) is 11.3. The van der Waals surface area contributed by atoms with Crippen LogP contribution in [-0.2, 0) is 14.8 Å². The lowest BCUT2D eigenvalue weighted by Crippen LogP contribution is -3.13. The molecule has 0 saturated carbocycles. The summed E-state index contributed by atoms with van der Waals surface area (Å²) in [6, 6.07) is 6.81. The van der Waals surface area contributed by atoms with Gasteiger partial charge in [-0.3, -0.25) is 0 Å². The Morgan fingerprint density at radius 1 is 1.15 bits per heavy atom. The van der Waals surface area contributed by atoms with E-state index in [1.807, 2.05) is 0 Å². The van der Waals surface area contributed by atoms with Crippen molar-refractivity contribution in [3.63, 3.8) is 0 Å². The third-order valence-corrected chi connectivity index (χ3v) is 5.17. The average molecular weight is 295 g/mol. The first-order chi connectivity index (χ1) is 9.67. The lowest BCUT2D eigenvalue weighted by Gasteiger charge is -2.23. The maximum atomic E-state index is 11.9. The number of fused-ring (bicyclic) bond motifs is 1. The molecule has 1 N–H and O–H groups in total. The van der Waals surface area contributed by atoms with Crippen LogP contribution in [0.25, 0.3) is 0 Å². The van der Waals surface area contributed by atoms with Gasteiger partial charge >= 0.3 is 0 Å². The van der Waals surface area contributed by atoms with E-state index in [1.54, 1.807) is 24.3 Å². The third kappa shape index (κ3) is 2.71. The number of hydrogen-bond acceptors (Lipinski definition) is 3. The second-order valence-electron chi connectivity index (χ2n) is 5.28. The number of ether oxygens (including phenoxy) is 1. The van der Waals surface area contributed by atoms with Crippen molar-refractivity contribution in [2.45, 2.75) is 24.2 Å². The molecule has 0 unspecified atom stereocenters. The smallest absolute Gasteiger partial charge is 0.286 e. The monoisotopic (exact) mass is 295 g/mol. The Kier molecular flexibility index (Phi) is 3.76. The van der Waals surface area contributed by atoms with Crippen LogP contribution < -0.4 is 4.90 Å². The van der Waals surface area contributed by atoms with E-state index < -0.39 is 10.0 Å². The quantitative estimate of drug-likeness (QED) is 0.868. The number of piperidine rings is 1. The summed E-state index contributed by atoms with van der Waals surface area (Å²) >= 11 is 0. The highest BCUT2D eigenvalue weighted by Crippen LogP contribution is 2.25. The van der Waals surface area contributed by atoms with E-state index in [9.17, 15) is 8.42 Å².